The predicted molar refractivity (Wildman–Crippen MR) is 203 cm³/mol. The van der Waals surface area contributed by atoms with Crippen LogP contribution >= 0.6 is 11.6 Å². The minimum absolute atomic E-state index is 0.0297. The van der Waals surface area contributed by atoms with Crippen molar-refractivity contribution >= 4 is 52.4 Å². The first-order valence-corrected chi connectivity index (χ1v) is 18.3. The van der Waals surface area contributed by atoms with Crippen molar-refractivity contribution in [3.05, 3.63) is 104 Å². The molecule has 2 saturated carbocycles. The number of hydrogen-bond acceptors (Lipinski definition) is 13. The minimum atomic E-state index is -4.64. The number of carbonyl (C=O) groups is 2. The maximum absolute atomic E-state index is 13.1. The summed E-state index contributed by atoms with van der Waals surface area (Å²) in [6.07, 6.45) is 3.82. The summed E-state index contributed by atoms with van der Waals surface area (Å²) in [4.78, 5) is 66.1. The van der Waals surface area contributed by atoms with Gasteiger partial charge in [-0.05, 0) is 74.1 Å². The first-order valence-electron chi connectivity index (χ1n) is 17.9. The van der Waals surface area contributed by atoms with Crippen LogP contribution in [0.25, 0.3) is 0 Å². The zero-order valence-corrected chi connectivity index (χ0v) is 30.8. The number of nitrogens with one attached hydrogen (secondary N) is 5. The highest BCUT2D eigenvalue weighted by atomic mass is 35.5. The number of benzene rings is 2. The molecule has 0 unspecified atom stereocenters. The van der Waals surface area contributed by atoms with Gasteiger partial charge in [0.1, 0.15) is 17.4 Å². The third-order valence-corrected chi connectivity index (χ3v) is 10.1. The molecule has 0 radical (unpaired) electrons. The Morgan fingerprint density at radius 1 is 0.930 bits per heavy atom. The van der Waals surface area contributed by atoms with Gasteiger partial charge < -0.3 is 41.0 Å². The van der Waals surface area contributed by atoms with Crippen molar-refractivity contribution in [3.63, 3.8) is 0 Å². The van der Waals surface area contributed by atoms with Crippen LogP contribution in [0.1, 0.15) is 48.0 Å². The summed E-state index contributed by atoms with van der Waals surface area (Å²) in [5.41, 5.74) is -0.420. The van der Waals surface area contributed by atoms with Crippen molar-refractivity contribution in [3.8, 4) is 6.01 Å². The van der Waals surface area contributed by atoms with Gasteiger partial charge in [-0.3, -0.25) is 14.4 Å². The molecule has 2 aromatic heterocycles. The average Bonchev–Trinajstić information content (AvgIpc) is 4.08. The highest BCUT2D eigenvalue weighted by molar-refractivity contribution is 6.30. The number of halogens is 4. The van der Waals surface area contributed by atoms with E-state index in [4.69, 9.17) is 16.3 Å². The van der Waals surface area contributed by atoms with Crippen LogP contribution in [0, 0.1) is 5.41 Å². The van der Waals surface area contributed by atoms with E-state index in [1.807, 2.05) is 22.9 Å². The van der Waals surface area contributed by atoms with Crippen molar-refractivity contribution in [1.29, 1.82) is 0 Å². The zero-order chi connectivity index (χ0) is 40.4. The van der Waals surface area contributed by atoms with Crippen molar-refractivity contribution in [2.24, 2.45) is 5.41 Å². The molecule has 6 N–H and O–H groups in total. The molecule has 2 heterocycles. The number of rotatable bonds is 19. The number of amides is 1. The minimum Gasteiger partial charge on any atom is -0.480 e. The summed E-state index contributed by atoms with van der Waals surface area (Å²) in [7, 11) is 0. The van der Waals surface area contributed by atoms with Gasteiger partial charge in [0, 0.05) is 53.7 Å². The second-order valence-electron chi connectivity index (χ2n) is 14.2. The number of aromatic nitrogens is 5. The van der Waals surface area contributed by atoms with E-state index in [2.05, 4.69) is 46.5 Å². The average molecular weight is 809 g/mol. The molecule has 2 aliphatic carbocycles. The van der Waals surface area contributed by atoms with Gasteiger partial charge in [0.25, 0.3) is 16.8 Å². The first-order chi connectivity index (χ1) is 27.2. The van der Waals surface area contributed by atoms with Crippen LogP contribution < -0.4 is 42.2 Å². The van der Waals surface area contributed by atoms with Gasteiger partial charge in [-0.15, -0.1) is 0 Å². The second kappa shape index (κ2) is 15.7. The molecule has 0 bridgehead atoms. The van der Waals surface area contributed by atoms with Gasteiger partial charge in [-0.1, -0.05) is 23.7 Å². The largest absolute Gasteiger partial charge is 0.480 e. The molecule has 1 amide bonds. The first kappa shape index (κ1) is 39.0. The topological polar surface area (TPSA) is 214 Å². The van der Waals surface area contributed by atoms with Crippen LogP contribution in [0.2, 0.25) is 5.02 Å². The van der Waals surface area contributed by atoms with E-state index >= 15 is 0 Å². The van der Waals surface area contributed by atoms with Crippen LogP contribution in [-0.2, 0) is 16.9 Å². The van der Waals surface area contributed by atoms with Crippen LogP contribution in [0.5, 0.6) is 6.01 Å². The number of nitrogens with zero attached hydrogens (tertiary/aromatic N) is 5. The Balaban J connectivity index is 0.950. The predicted octanol–water partition coefficient (Wildman–Crippen LogP) is 4.68. The Bertz CT molecular complexity index is 2310. The van der Waals surface area contributed by atoms with E-state index in [1.54, 1.807) is 24.7 Å². The fourth-order valence-corrected chi connectivity index (χ4v) is 6.41. The maximum Gasteiger partial charge on any atom is 0.422 e. The summed E-state index contributed by atoms with van der Waals surface area (Å²) < 4.78 is 45.7. The molecule has 3 aromatic carbocycles. The number of hydrogen-bond donors (Lipinski definition) is 6. The van der Waals surface area contributed by atoms with Crippen LogP contribution in [0.15, 0.2) is 76.8 Å². The second-order valence-corrected chi connectivity index (χ2v) is 14.6. The summed E-state index contributed by atoms with van der Waals surface area (Å²) >= 11 is 6.03. The molecular formula is C37H36ClF3N10O6. The highest BCUT2D eigenvalue weighted by Gasteiger charge is 2.45. The molecule has 298 valence electrons. The van der Waals surface area contributed by atoms with E-state index in [-0.39, 0.29) is 47.2 Å². The highest BCUT2D eigenvalue weighted by Crippen LogP contribution is 2.48. The monoisotopic (exact) mass is 808 g/mol. The standard InChI is InChI=1S/C37H36ClF3N10O6/c38-23-5-3-22(4-6-23)36(12-13-36)50-33-47-32(48-34(49-33)57-19-37(39,40)41)45-24-7-1-21(2-8-24)30(54)46-25(31(55)56)9-14-43-26-27(29(53)28(26)52)44-17-35(10-11-35)18-51-16-15-42-20-51/h1-8,15-16,20,25,43-44H,9-14,17-19H2,(H,46,54)(H,55,56)(H2,45,47,48,49,50)/t25-/m0/s1. The van der Waals surface area contributed by atoms with Gasteiger partial charge in [-0.25, -0.2) is 9.78 Å². The normalized spacial score (nSPS) is 15.6. The summed E-state index contributed by atoms with van der Waals surface area (Å²) in [5.74, 6) is -2.19. The number of carbonyl (C=O) groups excluding carboxylic acids is 1. The molecule has 0 aliphatic heterocycles. The molecule has 5 aromatic rings. The summed E-state index contributed by atoms with van der Waals surface area (Å²) in [5, 5.41) is 24.8. The third kappa shape index (κ3) is 9.60. The SMILES string of the molecule is O=C(N[C@@H](CCNc1c(NCC2(Cn3ccnc3)CC2)c(=O)c1=O)C(=O)O)c1ccc(Nc2nc(NC3(c4ccc(Cl)cc4)CC3)nc(OCC(F)(F)F)n2)cc1. The van der Waals surface area contributed by atoms with Gasteiger partial charge in [0.05, 0.1) is 11.9 Å². The number of carboxylic acids is 1. The Kier molecular flexibility index (Phi) is 10.8. The van der Waals surface area contributed by atoms with Crippen LogP contribution in [-0.4, -0.2) is 73.4 Å². The quantitative estimate of drug-likeness (QED) is 0.0626. The maximum atomic E-state index is 13.1. The molecule has 2 aliphatic rings. The molecule has 0 spiro atoms. The number of alkyl halides is 3. The molecule has 2 fully saturated rings. The smallest absolute Gasteiger partial charge is 0.422 e. The molecule has 1 atom stereocenters. The van der Waals surface area contributed by atoms with Crippen LogP contribution in [0.3, 0.4) is 0 Å². The molecule has 16 nitrogen and oxygen atoms in total. The number of aliphatic carboxylic acids is 1. The summed E-state index contributed by atoms with van der Waals surface area (Å²) in [6, 6.07) is 10.9. The fourth-order valence-electron chi connectivity index (χ4n) is 6.29. The molecule has 20 heteroatoms. The van der Waals surface area contributed by atoms with Crippen molar-refractivity contribution < 1.29 is 32.6 Å². The molecule has 7 rings (SSSR count). The lowest BCUT2D eigenvalue weighted by Crippen LogP contribution is -2.43. The van der Waals surface area contributed by atoms with Gasteiger partial charge in [-0.2, -0.15) is 28.1 Å². The van der Waals surface area contributed by atoms with Gasteiger partial charge in [0.2, 0.25) is 11.9 Å². The van der Waals surface area contributed by atoms with E-state index < -0.39 is 53.1 Å². The van der Waals surface area contributed by atoms with E-state index in [0.717, 1.165) is 18.4 Å². The lowest BCUT2D eigenvalue weighted by molar-refractivity contribution is -0.154. The van der Waals surface area contributed by atoms with E-state index in [1.165, 1.54) is 24.3 Å². The number of ether oxygens (including phenoxy) is 1. The fraction of sp³-hybridized carbons (Fsp3) is 0.351. The van der Waals surface area contributed by atoms with E-state index in [0.29, 0.717) is 36.6 Å². The molecule has 0 saturated heterocycles. The van der Waals surface area contributed by atoms with Gasteiger partial charge >= 0.3 is 18.2 Å². The Morgan fingerprint density at radius 3 is 2.23 bits per heavy atom. The Hall–Kier alpha value is -6.24. The van der Waals surface area contributed by atoms with Crippen molar-refractivity contribution in [2.45, 2.75) is 56.4 Å². The molecule has 57 heavy (non-hydrogen) atoms. The van der Waals surface area contributed by atoms with Crippen molar-refractivity contribution in [2.75, 3.05) is 41.0 Å². The lowest BCUT2D eigenvalue weighted by atomic mass is 10.1. The van der Waals surface area contributed by atoms with E-state index in [9.17, 15) is 37.5 Å². The zero-order valence-electron chi connectivity index (χ0n) is 30.0. The van der Waals surface area contributed by atoms with Gasteiger partial charge in [0.15, 0.2) is 6.61 Å². The van der Waals surface area contributed by atoms with Crippen LogP contribution in [0.4, 0.5) is 42.1 Å². The lowest BCUT2D eigenvalue weighted by Gasteiger charge is -2.21. The Morgan fingerprint density at radius 2 is 1.61 bits per heavy atom. The Labute approximate surface area is 327 Å². The third-order valence-electron chi connectivity index (χ3n) is 9.80. The molecular weight excluding hydrogens is 773 g/mol. The number of imidazole rings is 1. The van der Waals surface area contributed by atoms with Crippen molar-refractivity contribution in [1.82, 2.24) is 29.8 Å². The number of anilines is 5. The summed E-state index contributed by atoms with van der Waals surface area (Å²) in [6.45, 7) is -0.466. The number of carboxylic acid groups (broad SMARTS) is 1.